The zero-order chi connectivity index (χ0) is 23.1. The van der Waals surface area contributed by atoms with Crippen LogP contribution in [0, 0.1) is 10.8 Å². The summed E-state index contributed by atoms with van der Waals surface area (Å²) >= 11 is 0. The predicted octanol–water partition coefficient (Wildman–Crippen LogP) is 3.69. The van der Waals surface area contributed by atoms with Crippen molar-refractivity contribution in [3.63, 3.8) is 0 Å². The molecule has 7 nitrogen and oxygen atoms in total. The summed E-state index contributed by atoms with van der Waals surface area (Å²) in [6.07, 6.45) is 6.84. The van der Waals surface area contributed by atoms with Gasteiger partial charge in [0.2, 0.25) is 0 Å². The Hall–Kier alpha value is -3.45. The number of pyridine rings is 1. The van der Waals surface area contributed by atoms with Crippen LogP contribution in [0.1, 0.15) is 35.1 Å². The van der Waals surface area contributed by atoms with E-state index in [-0.39, 0.29) is 0 Å². The number of hydrogen-bond donors (Lipinski definition) is 4. The lowest BCUT2D eigenvalue weighted by Gasteiger charge is -2.35. The Labute approximate surface area is 194 Å². The standard InChI is InChI=1S/C26H31N7/c1-32-8-10-33(11-9-32)23-13-22(30)20(15-28)24-18-4-2-3-5-19(18)25(31-26(23)24)16-6-7-21(29)17(12-16)14-27/h6-7,12-15,27-28H,2-5,8-11,29-30H2,1H3. The lowest BCUT2D eigenvalue weighted by Crippen LogP contribution is -2.44. The van der Waals surface area contributed by atoms with Crippen LogP contribution in [-0.2, 0) is 12.8 Å². The van der Waals surface area contributed by atoms with Crippen molar-refractivity contribution in [1.29, 1.82) is 10.8 Å². The number of nitrogen functional groups attached to an aromatic ring is 2. The van der Waals surface area contributed by atoms with Crippen molar-refractivity contribution in [3.05, 3.63) is 46.5 Å². The Kier molecular flexibility index (Phi) is 5.50. The molecule has 3 aromatic rings. The number of anilines is 3. The highest BCUT2D eigenvalue weighted by Crippen LogP contribution is 2.41. The van der Waals surface area contributed by atoms with E-state index >= 15 is 0 Å². The lowest BCUT2D eigenvalue weighted by atomic mass is 9.84. The smallest absolute Gasteiger partial charge is 0.0953 e. The Balaban J connectivity index is 1.82. The van der Waals surface area contributed by atoms with Gasteiger partial charge in [-0.3, -0.25) is 0 Å². The number of nitrogens with two attached hydrogens (primary N) is 2. The molecule has 0 unspecified atom stereocenters. The zero-order valence-corrected chi connectivity index (χ0v) is 19.1. The summed E-state index contributed by atoms with van der Waals surface area (Å²) in [4.78, 5) is 9.99. The fraction of sp³-hybridized carbons (Fsp3) is 0.346. The minimum Gasteiger partial charge on any atom is -0.398 e. The van der Waals surface area contributed by atoms with Gasteiger partial charge >= 0.3 is 0 Å². The molecule has 2 heterocycles. The average Bonchev–Trinajstić information content (AvgIpc) is 2.84. The van der Waals surface area contributed by atoms with Gasteiger partial charge in [0.25, 0.3) is 0 Å². The first-order valence-corrected chi connectivity index (χ1v) is 11.6. The van der Waals surface area contributed by atoms with E-state index in [9.17, 15) is 0 Å². The molecule has 6 N–H and O–H groups in total. The monoisotopic (exact) mass is 441 g/mol. The van der Waals surface area contributed by atoms with Gasteiger partial charge in [0.15, 0.2) is 0 Å². The molecule has 1 aromatic heterocycles. The Morgan fingerprint density at radius 2 is 1.64 bits per heavy atom. The lowest BCUT2D eigenvalue weighted by molar-refractivity contribution is 0.313. The topological polar surface area (TPSA) is 119 Å². The van der Waals surface area contributed by atoms with Gasteiger partial charge in [0, 0.05) is 72.1 Å². The first-order chi connectivity index (χ1) is 16.0. The molecule has 0 amide bonds. The Morgan fingerprint density at radius 1 is 0.909 bits per heavy atom. The number of benzene rings is 2. The van der Waals surface area contributed by atoms with E-state index < -0.39 is 0 Å². The van der Waals surface area contributed by atoms with Crippen molar-refractivity contribution in [2.24, 2.45) is 0 Å². The van der Waals surface area contributed by atoms with Crippen LogP contribution in [0.25, 0.3) is 22.2 Å². The predicted molar refractivity (Wildman–Crippen MR) is 138 cm³/mol. The molecule has 170 valence electrons. The fourth-order valence-electron chi connectivity index (χ4n) is 5.26. The number of aromatic nitrogens is 1. The molecule has 0 saturated carbocycles. The summed E-state index contributed by atoms with van der Waals surface area (Å²) in [6.45, 7) is 3.82. The van der Waals surface area contributed by atoms with Crippen molar-refractivity contribution in [2.45, 2.75) is 25.7 Å². The summed E-state index contributed by atoms with van der Waals surface area (Å²) in [5, 5.41) is 16.9. The molecule has 2 aromatic carbocycles. The molecule has 0 spiro atoms. The highest BCUT2D eigenvalue weighted by Gasteiger charge is 2.26. The molecule has 7 heteroatoms. The van der Waals surface area contributed by atoms with E-state index in [0.29, 0.717) is 16.9 Å². The Bertz CT molecular complexity index is 1260. The maximum Gasteiger partial charge on any atom is 0.0953 e. The largest absolute Gasteiger partial charge is 0.398 e. The summed E-state index contributed by atoms with van der Waals surface area (Å²) in [5.74, 6) is 0. The number of nitrogens with zero attached hydrogens (tertiary/aromatic N) is 3. The number of likely N-dealkylation sites (N-methyl/N-ethyl adjacent to an activating group) is 1. The molecule has 2 aliphatic rings. The van der Waals surface area contributed by atoms with Gasteiger partial charge in [-0.15, -0.1) is 0 Å². The van der Waals surface area contributed by atoms with Crippen LogP contribution in [0.5, 0.6) is 0 Å². The molecule has 1 fully saturated rings. The summed E-state index contributed by atoms with van der Waals surface area (Å²) in [6, 6.07) is 7.85. The number of rotatable bonds is 4. The second kappa shape index (κ2) is 8.48. The third kappa shape index (κ3) is 3.62. The SMILES string of the molecule is CN1CCN(c2cc(N)c(C=N)c3c4c(c(-c5ccc(N)c(C=N)c5)nc23)CCCC4)CC1. The molecule has 0 bridgehead atoms. The van der Waals surface area contributed by atoms with Gasteiger partial charge in [-0.25, -0.2) is 4.98 Å². The summed E-state index contributed by atoms with van der Waals surface area (Å²) in [5.41, 5.74) is 21.8. The van der Waals surface area contributed by atoms with Gasteiger partial charge in [-0.05, 0) is 62.1 Å². The van der Waals surface area contributed by atoms with Crippen LogP contribution in [0.4, 0.5) is 17.1 Å². The molecule has 5 rings (SSSR count). The van der Waals surface area contributed by atoms with Crippen LogP contribution >= 0.6 is 0 Å². The molecule has 1 saturated heterocycles. The average molecular weight is 442 g/mol. The van der Waals surface area contributed by atoms with Crippen molar-refractivity contribution in [1.82, 2.24) is 9.88 Å². The molecule has 0 atom stereocenters. The second-order valence-corrected chi connectivity index (χ2v) is 9.17. The van der Waals surface area contributed by atoms with E-state index in [1.165, 1.54) is 23.6 Å². The summed E-state index contributed by atoms with van der Waals surface area (Å²) < 4.78 is 0. The molecular weight excluding hydrogens is 410 g/mol. The normalized spacial score (nSPS) is 16.6. The fourth-order valence-corrected chi connectivity index (χ4v) is 5.26. The maximum absolute atomic E-state index is 8.13. The second-order valence-electron chi connectivity index (χ2n) is 9.17. The van der Waals surface area contributed by atoms with E-state index in [2.05, 4.69) is 16.8 Å². The first-order valence-electron chi connectivity index (χ1n) is 11.6. The number of aryl methyl sites for hydroxylation is 1. The van der Waals surface area contributed by atoms with Crippen LogP contribution < -0.4 is 16.4 Å². The number of fused-ring (bicyclic) bond motifs is 3. The van der Waals surface area contributed by atoms with Gasteiger partial charge in [-0.2, -0.15) is 0 Å². The highest BCUT2D eigenvalue weighted by atomic mass is 15.2. The van der Waals surface area contributed by atoms with E-state index in [0.717, 1.165) is 85.3 Å². The quantitative estimate of drug-likeness (QED) is 0.364. The minimum atomic E-state index is 0.598. The van der Waals surface area contributed by atoms with E-state index in [1.807, 2.05) is 24.3 Å². The molecule has 33 heavy (non-hydrogen) atoms. The van der Waals surface area contributed by atoms with Crippen molar-refractivity contribution in [2.75, 3.05) is 49.6 Å². The van der Waals surface area contributed by atoms with Gasteiger partial charge in [0.05, 0.1) is 16.9 Å². The van der Waals surface area contributed by atoms with Crippen molar-refractivity contribution >= 4 is 40.4 Å². The van der Waals surface area contributed by atoms with Crippen LogP contribution in [0.3, 0.4) is 0 Å². The third-order valence-corrected chi connectivity index (χ3v) is 7.14. The van der Waals surface area contributed by atoms with Crippen LogP contribution in [0.2, 0.25) is 0 Å². The highest BCUT2D eigenvalue weighted by molar-refractivity contribution is 6.10. The maximum atomic E-state index is 8.13. The van der Waals surface area contributed by atoms with Gasteiger partial charge in [-0.1, -0.05) is 6.07 Å². The number of piperazine rings is 1. The van der Waals surface area contributed by atoms with Crippen LogP contribution in [-0.4, -0.2) is 55.5 Å². The molecule has 1 aliphatic heterocycles. The minimum absolute atomic E-state index is 0.598. The zero-order valence-electron chi connectivity index (χ0n) is 19.1. The van der Waals surface area contributed by atoms with E-state index in [1.54, 1.807) is 0 Å². The van der Waals surface area contributed by atoms with Gasteiger partial charge < -0.3 is 32.1 Å². The summed E-state index contributed by atoms with van der Waals surface area (Å²) in [7, 11) is 2.15. The Morgan fingerprint density at radius 3 is 2.33 bits per heavy atom. The number of hydrogen-bond acceptors (Lipinski definition) is 7. The third-order valence-electron chi connectivity index (χ3n) is 7.14. The number of nitrogens with one attached hydrogen (secondary N) is 2. The van der Waals surface area contributed by atoms with Crippen molar-refractivity contribution < 1.29 is 0 Å². The first kappa shape index (κ1) is 21.4. The molecular formula is C26H31N7. The van der Waals surface area contributed by atoms with Crippen LogP contribution in [0.15, 0.2) is 24.3 Å². The molecule has 1 aliphatic carbocycles. The molecule has 0 radical (unpaired) electrons. The van der Waals surface area contributed by atoms with Gasteiger partial charge in [0.1, 0.15) is 0 Å². The van der Waals surface area contributed by atoms with E-state index in [4.69, 9.17) is 27.3 Å². The van der Waals surface area contributed by atoms with Crippen molar-refractivity contribution in [3.8, 4) is 11.3 Å².